The fourth-order valence-corrected chi connectivity index (χ4v) is 10.8. The van der Waals surface area contributed by atoms with Crippen LogP contribution in [0.2, 0.25) is 24.7 Å². The Morgan fingerprint density at radius 2 is 0.688 bits per heavy atom. The van der Waals surface area contributed by atoms with Crippen LogP contribution in [0.5, 0.6) is 5.75 Å². The molecule has 13 heteroatoms. The van der Waals surface area contributed by atoms with Crippen LogP contribution in [0.3, 0.4) is 0 Å². The van der Waals surface area contributed by atoms with E-state index in [1.54, 1.807) is 34.0 Å². The van der Waals surface area contributed by atoms with E-state index in [2.05, 4.69) is 353 Å². The topological polar surface area (TPSA) is 158 Å². The Kier molecular flexibility index (Phi) is 76.7. The van der Waals surface area contributed by atoms with Gasteiger partial charge in [0.05, 0.1) is 30.8 Å². The molecule has 1 aliphatic carbocycles. The van der Waals surface area contributed by atoms with Crippen LogP contribution in [-0.4, -0.2) is 75.7 Å². The number of fused-ring (bicyclic) bond motifs is 3. The number of esters is 4. The first kappa shape index (κ1) is 139. The predicted molar refractivity (Wildman–Crippen MR) is 600 cm³/mol. The first-order valence-electron chi connectivity index (χ1n) is 50.0. The first-order chi connectivity index (χ1) is 63.4. The van der Waals surface area contributed by atoms with E-state index in [4.69, 9.17) is 23.7 Å². The van der Waals surface area contributed by atoms with Gasteiger partial charge in [-0.15, -0.1) is 6.58 Å². The molecule has 138 heavy (non-hydrogen) atoms. The number of rotatable bonds is 24. The maximum absolute atomic E-state index is 11.7. The number of Topliss-reactive ketones (excluding diaryl/α,β-unsaturated/α-hetero) is 1. The first-order valence-corrected chi connectivity index (χ1v) is 53.5. The van der Waals surface area contributed by atoms with E-state index in [9.17, 15) is 28.8 Å². The number of hydrogen-bond acceptors (Lipinski definition) is 12. The van der Waals surface area contributed by atoms with Gasteiger partial charge in [-0.05, 0) is 181 Å². The van der Waals surface area contributed by atoms with Gasteiger partial charge in [0.1, 0.15) is 42.6 Å². The molecule has 0 N–H and O–H groups in total. The monoisotopic (exact) mass is 1920 g/mol. The van der Waals surface area contributed by atoms with Crippen LogP contribution < -0.4 is 4.74 Å². The predicted octanol–water partition coefficient (Wildman–Crippen LogP) is 35.1. The highest BCUT2D eigenvalue weighted by Crippen LogP contribution is 2.46. The second-order valence-corrected chi connectivity index (χ2v) is 50.2. The Hall–Kier alpha value is -9.72. The number of allylic oxidation sites excluding steroid dienone is 1. The summed E-state index contributed by atoms with van der Waals surface area (Å²) in [5.74, 6) is 5.21. The molecule has 8 aromatic carbocycles. The third-order valence-corrected chi connectivity index (χ3v) is 24.5. The molecule has 0 radical (unpaired) electrons. The SMILES string of the molecule is C.C=CCC(C)C.C=CCOC(=O)C(C)C.CC(=O)C(C)C.CC(C)(C)C.CC(C)(C)OC=O.CC(C)(C)[Si](C)(C)C.CC(C)C.CC(C)C(=O)OC(C)(C)C.CC(C)C(=O)OCC1c2ccccc2-c2ccccc21.CC(C)C(=O)OCc1ccccc1.CC(C)C(c1ccccc1)(c1ccccc1)c1ccccc1.CC(C)Cc1ccccc1.CCC(C)C.COc1ccc(CC(C)C)cc1. The number of carbonyl (C=O) groups is 6. The molecule has 0 saturated carbocycles. The van der Waals surface area contributed by atoms with Crippen LogP contribution in [0.25, 0.3) is 11.1 Å². The van der Waals surface area contributed by atoms with Crippen LogP contribution in [0.4, 0.5) is 0 Å². The largest absolute Gasteiger partial charge is 0.497 e. The Morgan fingerprint density at radius 1 is 0.391 bits per heavy atom. The molecule has 0 aromatic heterocycles. The van der Waals surface area contributed by atoms with Crippen molar-refractivity contribution in [2.45, 2.75) is 350 Å². The molecule has 0 amide bonds. The molecule has 0 aliphatic heterocycles. The molecule has 776 valence electrons. The van der Waals surface area contributed by atoms with Gasteiger partial charge in [-0.1, -0.05) is 479 Å². The van der Waals surface area contributed by atoms with Crippen molar-refractivity contribution in [1.29, 1.82) is 0 Å². The summed E-state index contributed by atoms with van der Waals surface area (Å²) in [4.78, 5) is 64.1. The molecular weight excluding hydrogens is 1720 g/mol. The minimum Gasteiger partial charge on any atom is -0.497 e. The molecule has 12 nitrogen and oxygen atoms in total. The average Bonchev–Trinajstić information content (AvgIpc) is 1.02. The van der Waals surface area contributed by atoms with E-state index >= 15 is 0 Å². The zero-order chi connectivity index (χ0) is 107. The van der Waals surface area contributed by atoms with Crippen molar-refractivity contribution >= 4 is 44.2 Å². The van der Waals surface area contributed by atoms with E-state index in [0.29, 0.717) is 42.7 Å². The Morgan fingerprint density at radius 3 is 0.920 bits per heavy atom. The van der Waals surface area contributed by atoms with Gasteiger partial charge in [-0.2, -0.15) is 0 Å². The van der Waals surface area contributed by atoms with Gasteiger partial charge in [-0.3, -0.25) is 28.8 Å². The second kappa shape index (κ2) is 76.1. The summed E-state index contributed by atoms with van der Waals surface area (Å²) >= 11 is 0. The zero-order valence-corrected chi connectivity index (χ0v) is 95.3. The van der Waals surface area contributed by atoms with Gasteiger partial charge in [0.15, 0.2) is 0 Å². The minimum atomic E-state index is -0.859. The Bertz CT molecular complexity index is 4210. The van der Waals surface area contributed by atoms with Crippen LogP contribution in [0.15, 0.2) is 250 Å². The number of carbonyl (C=O) groups excluding carboxylic acids is 6. The fraction of sp³-hybridized carbons (Fsp3) is 0.536. The van der Waals surface area contributed by atoms with Gasteiger partial charge < -0.3 is 28.4 Å². The van der Waals surface area contributed by atoms with E-state index in [-0.39, 0.29) is 89.2 Å². The fourth-order valence-electron chi connectivity index (χ4n) is 10.8. The molecule has 0 unspecified atom stereocenters. The van der Waals surface area contributed by atoms with Crippen molar-refractivity contribution in [2.24, 2.45) is 70.5 Å². The van der Waals surface area contributed by atoms with E-state index in [0.717, 1.165) is 53.7 Å². The van der Waals surface area contributed by atoms with Gasteiger partial charge in [0.25, 0.3) is 6.47 Å². The van der Waals surface area contributed by atoms with Crippen LogP contribution >= 0.6 is 0 Å². The van der Waals surface area contributed by atoms with Crippen molar-refractivity contribution < 1.29 is 57.2 Å². The van der Waals surface area contributed by atoms with E-state index < -0.39 is 8.07 Å². The van der Waals surface area contributed by atoms with Gasteiger partial charge in [0.2, 0.25) is 0 Å². The summed E-state index contributed by atoms with van der Waals surface area (Å²) in [5.41, 5.74) is 12.6. The summed E-state index contributed by atoms with van der Waals surface area (Å²) in [5, 5.41) is 0.576. The van der Waals surface area contributed by atoms with Crippen molar-refractivity contribution in [2.75, 3.05) is 20.3 Å². The maximum Gasteiger partial charge on any atom is 0.308 e. The molecule has 0 saturated heterocycles. The second-order valence-electron chi connectivity index (χ2n) is 44.2. The summed E-state index contributed by atoms with van der Waals surface area (Å²) in [7, 11) is 0.833. The number of ketones is 1. The lowest BCUT2D eigenvalue weighted by Gasteiger charge is -2.39. The summed E-state index contributed by atoms with van der Waals surface area (Å²) in [6.07, 6.45) is 8.29. The molecular formula is C125H200O12Si. The number of ether oxygens (including phenoxy) is 6. The molecule has 0 atom stereocenters. The lowest BCUT2D eigenvalue weighted by Crippen LogP contribution is -2.35. The van der Waals surface area contributed by atoms with E-state index in [1.807, 2.05) is 158 Å². The molecule has 0 spiro atoms. The Balaban J connectivity index is -0.000000350. The summed E-state index contributed by atoms with van der Waals surface area (Å²) in [6, 6.07) is 77.9. The highest BCUT2D eigenvalue weighted by atomic mass is 28.3. The highest BCUT2D eigenvalue weighted by Gasteiger charge is 2.39. The average molecular weight is 1920 g/mol. The lowest BCUT2D eigenvalue weighted by atomic mass is 9.63. The Labute approximate surface area is 848 Å². The number of methoxy groups -OCH3 is 1. The number of hydrogen-bond donors (Lipinski definition) is 0. The molecule has 0 bridgehead atoms. The number of benzene rings is 8. The lowest BCUT2D eigenvalue weighted by molar-refractivity contribution is -0.158. The molecule has 0 heterocycles. The third-order valence-electron chi connectivity index (χ3n) is 20.0. The van der Waals surface area contributed by atoms with Gasteiger partial charge >= 0.3 is 23.9 Å². The van der Waals surface area contributed by atoms with Gasteiger partial charge in [0, 0.05) is 25.3 Å². The van der Waals surface area contributed by atoms with Crippen LogP contribution in [-0.2, 0) is 77.3 Å². The van der Waals surface area contributed by atoms with Crippen molar-refractivity contribution in [3.05, 3.63) is 294 Å². The molecule has 0 fully saturated rings. The van der Waals surface area contributed by atoms with Crippen LogP contribution in [0, 0.1) is 70.5 Å². The summed E-state index contributed by atoms with van der Waals surface area (Å²) in [6.45, 7) is 93.7. The van der Waals surface area contributed by atoms with Crippen molar-refractivity contribution in [3.8, 4) is 16.9 Å². The smallest absolute Gasteiger partial charge is 0.308 e. The normalized spacial score (nSPS) is 11.0. The quantitative estimate of drug-likeness (QED) is 0.0141. The third kappa shape index (κ3) is 72.6. The highest BCUT2D eigenvalue weighted by molar-refractivity contribution is 6.78. The van der Waals surface area contributed by atoms with Crippen molar-refractivity contribution in [1.82, 2.24) is 0 Å². The molecule has 9 rings (SSSR count). The molecule has 1 aliphatic rings. The standard InChI is InChI=1S/C22H22.C18H18O2.C11H14O2.C11H16O.C10H14.C8H16O2.C7H12O2.C7H18Si.C6H12.C5H10O2.C5H10O.2C5H12.C4H10.CH4/c1-18(2)22(19-12-6-3-7-13-19,20-14-8-4-9-15-20)21-16-10-5-11-17-21;1-12(2)18(19)20-11-17-15-9-5-3-7-13(15)14-8-4-6-10-16(14)17;1-9(2)11(12)13-8-10-6-4-3-5-7-10;1-9(2)8-10-4-6-11(12-3)7-5-10;1-9(2)8-10-6-4-3-5-7-10;1-6(2)7(9)10-8(3,4)5;1-4-5-9-7(8)6(2)3;1-7(2,3)8(4,5)6;1-4-5-6(2)3;1-5(2,3)7-4-6;1-4(2)5(3)6;1-5(2,3)4;1-4-5(2)3;1-4(2)3;/h3-18H,1-2H3;3-10,12,17H,11H2,1-2H3;3-7,9H,8H2,1-2H3;4-7,9H,8H2,1-3H3;3-7,9H,8H2,1-2H3;6H,1-5H3;4,6H,1,5H2,2-3H3;1-6H3;4,6H,1,5H2,2-3H3;4H,1-3H3;4H,1-3H3;1-4H3;5H,4H2,1-3H3;4H,1-3H3;1H4. The summed E-state index contributed by atoms with van der Waals surface area (Å²) < 4.78 is 29.9. The van der Waals surface area contributed by atoms with Gasteiger partial charge in [-0.25, -0.2) is 0 Å². The van der Waals surface area contributed by atoms with Crippen molar-refractivity contribution in [3.63, 3.8) is 0 Å². The minimum absolute atomic E-state index is 0. The zero-order valence-electron chi connectivity index (χ0n) is 94.3. The molecule has 8 aromatic rings. The van der Waals surface area contributed by atoms with Crippen LogP contribution in [0.1, 0.15) is 334 Å². The maximum atomic E-state index is 11.7. The van der Waals surface area contributed by atoms with E-state index in [1.165, 1.54) is 62.9 Å².